The Morgan fingerprint density at radius 2 is 1.76 bits per heavy atom. The summed E-state index contributed by atoms with van der Waals surface area (Å²) in [4.78, 5) is 24.4. The molecule has 3 rings (SSSR count). The fourth-order valence-electron chi connectivity index (χ4n) is 3.04. The molecule has 0 radical (unpaired) electrons. The van der Waals surface area contributed by atoms with Crippen molar-refractivity contribution in [1.82, 2.24) is 9.78 Å². The van der Waals surface area contributed by atoms with Gasteiger partial charge in [0.2, 0.25) is 0 Å². The van der Waals surface area contributed by atoms with Crippen LogP contribution in [0.15, 0.2) is 48.5 Å². The lowest BCUT2D eigenvalue weighted by atomic mass is 9.92. The molecule has 33 heavy (non-hydrogen) atoms. The Hall–Kier alpha value is -3.03. The summed E-state index contributed by atoms with van der Waals surface area (Å²) in [6, 6.07) is 13.7. The number of halogens is 2. The number of nitrogens with zero attached hydrogens (tertiary/aromatic N) is 2. The zero-order valence-electron chi connectivity index (χ0n) is 18.9. The number of nitrogens with one attached hydrogen (secondary N) is 2. The Bertz CT molecular complexity index is 1150. The number of carbonyl (C=O) groups excluding carboxylic acids is 2. The number of benzene rings is 2. The van der Waals surface area contributed by atoms with E-state index >= 15 is 0 Å². The second-order valence-electron chi connectivity index (χ2n) is 8.41. The molecule has 0 bridgehead atoms. The molecule has 0 saturated carbocycles. The SMILES string of the molecule is CCOC(=O)Cc1ccc(-n2nc(C(C)(C)C)cc2NC(=O)Nc2cccc(Cl)c2Cl)cc1. The monoisotopic (exact) mass is 488 g/mol. The summed E-state index contributed by atoms with van der Waals surface area (Å²) in [6.45, 7) is 8.24. The Morgan fingerprint density at radius 1 is 1.06 bits per heavy atom. The van der Waals surface area contributed by atoms with Crippen molar-refractivity contribution in [3.63, 3.8) is 0 Å². The first kappa shape index (κ1) is 24.6. The number of carbonyl (C=O) groups is 2. The van der Waals surface area contributed by atoms with Gasteiger partial charge in [-0.2, -0.15) is 5.10 Å². The lowest BCUT2D eigenvalue weighted by Crippen LogP contribution is -2.21. The van der Waals surface area contributed by atoms with Gasteiger partial charge in [0.1, 0.15) is 5.82 Å². The van der Waals surface area contributed by atoms with Gasteiger partial charge in [0.05, 0.1) is 40.1 Å². The molecule has 0 aliphatic carbocycles. The predicted molar refractivity (Wildman–Crippen MR) is 132 cm³/mol. The molecule has 7 nitrogen and oxygen atoms in total. The van der Waals surface area contributed by atoms with Gasteiger partial charge in [0.15, 0.2) is 0 Å². The van der Waals surface area contributed by atoms with Crippen molar-refractivity contribution in [2.75, 3.05) is 17.2 Å². The van der Waals surface area contributed by atoms with Crippen LogP contribution in [-0.2, 0) is 21.4 Å². The van der Waals surface area contributed by atoms with Crippen molar-refractivity contribution < 1.29 is 14.3 Å². The van der Waals surface area contributed by atoms with Crippen molar-refractivity contribution in [2.24, 2.45) is 0 Å². The van der Waals surface area contributed by atoms with Crippen LogP contribution in [0.1, 0.15) is 39.0 Å². The minimum atomic E-state index is -0.486. The van der Waals surface area contributed by atoms with Gasteiger partial charge < -0.3 is 10.1 Å². The molecule has 1 aromatic heterocycles. The molecule has 174 valence electrons. The van der Waals surface area contributed by atoms with Gasteiger partial charge in [0.25, 0.3) is 0 Å². The molecule has 9 heteroatoms. The number of hydrogen-bond acceptors (Lipinski definition) is 4. The molecular weight excluding hydrogens is 463 g/mol. The van der Waals surface area contributed by atoms with Gasteiger partial charge in [-0.25, -0.2) is 9.48 Å². The Balaban J connectivity index is 1.86. The van der Waals surface area contributed by atoms with Gasteiger partial charge >= 0.3 is 12.0 Å². The van der Waals surface area contributed by atoms with Gasteiger partial charge in [-0.3, -0.25) is 10.1 Å². The summed E-state index contributed by atoms with van der Waals surface area (Å²) in [5, 5.41) is 10.8. The van der Waals surface area contributed by atoms with E-state index in [1.165, 1.54) is 0 Å². The van der Waals surface area contributed by atoms with Gasteiger partial charge in [0, 0.05) is 11.5 Å². The first-order valence-corrected chi connectivity index (χ1v) is 11.2. The topological polar surface area (TPSA) is 85.2 Å². The molecule has 0 spiro atoms. The molecule has 2 N–H and O–H groups in total. The molecule has 2 amide bonds. The maximum absolute atomic E-state index is 12.7. The summed E-state index contributed by atoms with van der Waals surface area (Å²) in [7, 11) is 0. The number of hydrogen-bond donors (Lipinski definition) is 2. The lowest BCUT2D eigenvalue weighted by molar-refractivity contribution is -0.142. The molecule has 0 aliphatic heterocycles. The number of ether oxygens (including phenoxy) is 1. The number of esters is 1. The summed E-state index contributed by atoms with van der Waals surface area (Å²) in [5.41, 5.74) is 2.51. The molecule has 0 atom stereocenters. The predicted octanol–water partition coefficient (Wildman–Crippen LogP) is 6.23. The fraction of sp³-hybridized carbons (Fsp3) is 0.292. The van der Waals surface area contributed by atoms with Crippen LogP contribution >= 0.6 is 23.2 Å². The van der Waals surface area contributed by atoms with E-state index in [9.17, 15) is 9.59 Å². The number of aromatic nitrogens is 2. The highest BCUT2D eigenvalue weighted by Crippen LogP contribution is 2.30. The van der Waals surface area contributed by atoms with Crippen molar-refractivity contribution >= 4 is 46.7 Å². The molecule has 1 heterocycles. The van der Waals surface area contributed by atoms with Crippen LogP contribution in [-0.4, -0.2) is 28.4 Å². The quantitative estimate of drug-likeness (QED) is 0.402. The van der Waals surface area contributed by atoms with Crippen molar-refractivity contribution in [3.05, 3.63) is 69.8 Å². The Morgan fingerprint density at radius 3 is 2.39 bits per heavy atom. The Kier molecular flexibility index (Phi) is 7.66. The number of urea groups is 1. The molecule has 0 aliphatic rings. The van der Waals surface area contributed by atoms with Crippen molar-refractivity contribution in [1.29, 1.82) is 0 Å². The maximum atomic E-state index is 12.7. The van der Waals surface area contributed by atoms with E-state index < -0.39 is 6.03 Å². The van der Waals surface area contributed by atoms with Crippen molar-refractivity contribution in [3.8, 4) is 5.69 Å². The molecule has 0 unspecified atom stereocenters. The van der Waals surface area contributed by atoms with E-state index in [2.05, 4.69) is 10.6 Å². The van der Waals surface area contributed by atoms with E-state index in [1.807, 2.05) is 51.1 Å². The largest absolute Gasteiger partial charge is 0.466 e. The smallest absolute Gasteiger partial charge is 0.324 e. The van der Waals surface area contributed by atoms with Crippen LogP contribution in [0.2, 0.25) is 10.0 Å². The number of anilines is 2. The standard InChI is InChI=1S/C24H26Cl2N4O3/c1-5-33-21(31)13-15-9-11-16(12-10-15)30-20(14-19(29-30)24(2,3)4)28-23(32)27-18-8-6-7-17(25)22(18)26/h6-12,14H,5,13H2,1-4H3,(H2,27,28,32). The third kappa shape index (κ3) is 6.27. The molecular formula is C24H26Cl2N4O3. The summed E-state index contributed by atoms with van der Waals surface area (Å²) >= 11 is 12.2. The van der Waals surface area contributed by atoms with Crippen LogP contribution in [0.4, 0.5) is 16.3 Å². The number of amides is 2. The molecule has 3 aromatic rings. The van der Waals surface area contributed by atoms with Crippen LogP contribution in [0.5, 0.6) is 0 Å². The van der Waals surface area contributed by atoms with E-state index in [-0.39, 0.29) is 22.8 Å². The van der Waals surface area contributed by atoms with Crippen LogP contribution in [0.3, 0.4) is 0 Å². The van der Waals surface area contributed by atoms with Crippen molar-refractivity contribution in [2.45, 2.75) is 39.5 Å². The summed E-state index contributed by atoms with van der Waals surface area (Å²) in [5.74, 6) is 0.201. The van der Waals surface area contributed by atoms with E-state index in [4.69, 9.17) is 33.0 Å². The van der Waals surface area contributed by atoms with Gasteiger partial charge in [-0.05, 0) is 36.8 Å². The Labute approximate surface area is 203 Å². The highest BCUT2D eigenvalue weighted by atomic mass is 35.5. The minimum Gasteiger partial charge on any atom is -0.466 e. The van der Waals surface area contributed by atoms with Gasteiger partial charge in [-0.1, -0.05) is 62.2 Å². The third-order valence-corrected chi connectivity index (χ3v) is 5.57. The second-order valence-corrected chi connectivity index (χ2v) is 9.19. The lowest BCUT2D eigenvalue weighted by Gasteiger charge is -2.14. The second kappa shape index (κ2) is 10.3. The molecule has 2 aromatic carbocycles. The van der Waals surface area contributed by atoms with Crippen LogP contribution < -0.4 is 10.6 Å². The minimum absolute atomic E-state index is 0.189. The van der Waals surface area contributed by atoms with E-state index in [0.717, 1.165) is 16.9 Å². The van der Waals surface area contributed by atoms with Crippen LogP contribution in [0, 0.1) is 0 Å². The number of rotatable bonds is 6. The molecule has 0 fully saturated rings. The van der Waals surface area contributed by atoms with Gasteiger partial charge in [-0.15, -0.1) is 0 Å². The summed E-state index contributed by atoms with van der Waals surface area (Å²) < 4.78 is 6.65. The zero-order chi connectivity index (χ0) is 24.2. The highest BCUT2D eigenvalue weighted by Gasteiger charge is 2.22. The normalized spacial score (nSPS) is 11.2. The maximum Gasteiger partial charge on any atom is 0.324 e. The highest BCUT2D eigenvalue weighted by molar-refractivity contribution is 6.44. The summed E-state index contributed by atoms with van der Waals surface area (Å²) in [6.07, 6.45) is 0.189. The third-order valence-electron chi connectivity index (χ3n) is 4.75. The zero-order valence-corrected chi connectivity index (χ0v) is 20.4. The first-order valence-electron chi connectivity index (χ1n) is 10.5. The van der Waals surface area contributed by atoms with E-state index in [1.54, 1.807) is 29.8 Å². The molecule has 0 saturated heterocycles. The fourth-order valence-corrected chi connectivity index (χ4v) is 3.39. The first-order chi connectivity index (χ1) is 15.6. The average molecular weight is 489 g/mol. The van der Waals surface area contributed by atoms with E-state index in [0.29, 0.717) is 23.1 Å². The average Bonchev–Trinajstić information content (AvgIpc) is 3.16. The van der Waals surface area contributed by atoms with Crippen LogP contribution in [0.25, 0.3) is 5.69 Å².